The van der Waals surface area contributed by atoms with Crippen LogP contribution in [0.1, 0.15) is 47.8 Å². The minimum atomic E-state index is -0.292. The molecule has 3 aliphatic rings. The van der Waals surface area contributed by atoms with Gasteiger partial charge in [0.05, 0.1) is 12.2 Å². The molecule has 0 amide bonds. The summed E-state index contributed by atoms with van der Waals surface area (Å²) in [4.78, 5) is 16.2. The lowest BCUT2D eigenvalue weighted by Gasteiger charge is -2.71. The fourth-order valence-electron chi connectivity index (χ4n) is 4.20. The number of ether oxygens (including phenoxy) is 1. The molecule has 0 spiro atoms. The summed E-state index contributed by atoms with van der Waals surface area (Å²) < 4.78 is 5.00. The molecule has 0 unspecified atom stereocenters. The third-order valence-electron chi connectivity index (χ3n) is 5.23. The number of carbonyl (C=O) groups excluding carboxylic acids is 1. The van der Waals surface area contributed by atoms with Crippen molar-refractivity contribution in [3.63, 3.8) is 0 Å². The molecule has 3 fully saturated rings. The lowest BCUT2D eigenvalue weighted by molar-refractivity contribution is -0.0723. The fourth-order valence-corrected chi connectivity index (χ4v) is 4.20. The summed E-state index contributed by atoms with van der Waals surface area (Å²) in [5, 5.41) is 0. The minimum Gasteiger partial charge on any atom is -0.462 e. The molecule has 3 aliphatic carbocycles. The summed E-state index contributed by atoms with van der Waals surface area (Å²) in [6.45, 7) is 2.20. The molecular weight excluding hydrogens is 274 g/mol. The van der Waals surface area contributed by atoms with Gasteiger partial charge in [-0.2, -0.15) is 0 Å². The smallest absolute Gasteiger partial charge is 0.339 e. The number of rotatable bonds is 4. The van der Waals surface area contributed by atoms with Crippen LogP contribution in [0.5, 0.6) is 0 Å². The van der Waals surface area contributed by atoms with E-state index in [0.717, 1.165) is 5.69 Å². The Hall–Kier alpha value is -2.16. The van der Waals surface area contributed by atoms with E-state index in [9.17, 15) is 4.79 Å². The summed E-state index contributed by atoms with van der Waals surface area (Å²) in [5.41, 5.74) is 3.74. The first-order valence-electron chi connectivity index (χ1n) is 7.87. The largest absolute Gasteiger partial charge is 0.462 e. The zero-order chi connectivity index (χ0) is 15.2. The van der Waals surface area contributed by atoms with Gasteiger partial charge in [-0.25, -0.2) is 4.79 Å². The van der Waals surface area contributed by atoms with E-state index >= 15 is 0 Å². The molecule has 0 N–H and O–H groups in total. The van der Waals surface area contributed by atoms with Crippen molar-refractivity contribution in [1.82, 2.24) is 4.98 Å². The third kappa shape index (κ3) is 1.81. The Morgan fingerprint density at radius 1 is 1.09 bits per heavy atom. The third-order valence-corrected chi connectivity index (χ3v) is 5.23. The number of hydrogen-bond acceptors (Lipinski definition) is 3. The highest BCUT2D eigenvalue weighted by Gasteiger charge is 2.69. The first-order valence-corrected chi connectivity index (χ1v) is 7.87. The lowest BCUT2D eigenvalue weighted by atomic mass is 9.32. The van der Waals surface area contributed by atoms with Crippen molar-refractivity contribution in [2.45, 2.75) is 37.0 Å². The number of benzene rings is 1. The molecule has 22 heavy (non-hydrogen) atoms. The maximum Gasteiger partial charge on any atom is 0.339 e. The van der Waals surface area contributed by atoms with Gasteiger partial charge in [-0.15, -0.1) is 0 Å². The first kappa shape index (κ1) is 13.5. The van der Waals surface area contributed by atoms with Crippen molar-refractivity contribution in [2.75, 3.05) is 6.61 Å². The Labute approximate surface area is 130 Å². The summed E-state index contributed by atoms with van der Waals surface area (Å²) in [5.74, 6) is -0.292. The Morgan fingerprint density at radius 2 is 1.82 bits per heavy atom. The summed E-state index contributed by atoms with van der Waals surface area (Å²) in [7, 11) is 0. The highest BCUT2D eigenvalue weighted by molar-refractivity contribution is 5.89. The van der Waals surface area contributed by atoms with Gasteiger partial charge in [-0.1, -0.05) is 30.3 Å². The fraction of sp³-hybridized carbons (Fsp3) is 0.368. The number of nitrogens with zero attached hydrogens (tertiary/aromatic N) is 1. The van der Waals surface area contributed by atoms with Crippen molar-refractivity contribution in [3.8, 4) is 0 Å². The van der Waals surface area contributed by atoms with Crippen LogP contribution in [0.15, 0.2) is 48.7 Å². The van der Waals surface area contributed by atoms with E-state index in [-0.39, 0.29) is 11.4 Å². The summed E-state index contributed by atoms with van der Waals surface area (Å²) in [6, 6.07) is 14.6. The minimum absolute atomic E-state index is 0.239. The number of carbonyl (C=O) groups is 1. The van der Waals surface area contributed by atoms with Gasteiger partial charge in [-0.05, 0) is 49.3 Å². The van der Waals surface area contributed by atoms with E-state index in [0.29, 0.717) is 17.6 Å². The number of aromatic nitrogens is 1. The zero-order valence-electron chi connectivity index (χ0n) is 12.7. The molecule has 3 heteroatoms. The predicted octanol–water partition coefficient (Wildman–Crippen LogP) is 3.63. The molecule has 3 nitrogen and oxygen atoms in total. The van der Waals surface area contributed by atoms with Crippen LogP contribution in [0.4, 0.5) is 0 Å². The second-order valence-electron chi connectivity index (χ2n) is 6.61. The summed E-state index contributed by atoms with van der Waals surface area (Å²) in [6.07, 6.45) is 5.18. The van der Waals surface area contributed by atoms with Crippen LogP contribution in [0.3, 0.4) is 0 Å². The van der Waals surface area contributed by atoms with Crippen molar-refractivity contribution < 1.29 is 9.53 Å². The molecule has 0 aliphatic heterocycles. The molecular formula is C19H19NO2. The van der Waals surface area contributed by atoms with E-state index in [1.54, 1.807) is 6.20 Å². The molecule has 1 aromatic carbocycles. The molecule has 112 valence electrons. The Bertz CT molecular complexity index is 686. The molecule has 3 saturated carbocycles. The summed E-state index contributed by atoms with van der Waals surface area (Å²) >= 11 is 0. The van der Waals surface area contributed by atoms with Gasteiger partial charge in [0.15, 0.2) is 0 Å². The number of esters is 1. The quantitative estimate of drug-likeness (QED) is 0.808. The van der Waals surface area contributed by atoms with Crippen molar-refractivity contribution >= 4 is 5.97 Å². The Morgan fingerprint density at radius 3 is 2.41 bits per heavy atom. The lowest BCUT2D eigenvalue weighted by Crippen LogP contribution is -2.67. The SMILES string of the molecule is CCOC(=O)c1ccc(C23CC(c4ccccc4)(C2)C3)nc1. The van der Waals surface area contributed by atoms with Crippen LogP contribution < -0.4 is 0 Å². The molecule has 1 aromatic heterocycles. The second-order valence-corrected chi connectivity index (χ2v) is 6.61. The molecule has 1 heterocycles. The van der Waals surface area contributed by atoms with Gasteiger partial charge >= 0.3 is 5.97 Å². The van der Waals surface area contributed by atoms with E-state index in [2.05, 4.69) is 35.3 Å². The highest BCUT2D eigenvalue weighted by Crippen LogP contribution is 2.73. The van der Waals surface area contributed by atoms with Gasteiger partial charge < -0.3 is 4.74 Å². The molecule has 2 bridgehead atoms. The van der Waals surface area contributed by atoms with Crippen molar-refractivity contribution in [1.29, 1.82) is 0 Å². The highest BCUT2D eigenvalue weighted by atomic mass is 16.5. The van der Waals surface area contributed by atoms with Gasteiger partial charge in [-0.3, -0.25) is 4.98 Å². The van der Waals surface area contributed by atoms with E-state index < -0.39 is 0 Å². The van der Waals surface area contributed by atoms with Crippen molar-refractivity contribution in [2.24, 2.45) is 0 Å². The van der Waals surface area contributed by atoms with Gasteiger partial charge in [0, 0.05) is 17.3 Å². The van der Waals surface area contributed by atoms with Crippen LogP contribution in [0, 0.1) is 0 Å². The topological polar surface area (TPSA) is 39.2 Å². The second kappa shape index (κ2) is 4.67. The van der Waals surface area contributed by atoms with Crippen LogP contribution in [-0.4, -0.2) is 17.6 Å². The maximum absolute atomic E-state index is 11.7. The van der Waals surface area contributed by atoms with Gasteiger partial charge in [0.2, 0.25) is 0 Å². The van der Waals surface area contributed by atoms with E-state index in [1.807, 2.05) is 19.1 Å². The van der Waals surface area contributed by atoms with Gasteiger partial charge in [0.1, 0.15) is 0 Å². The van der Waals surface area contributed by atoms with E-state index in [4.69, 9.17) is 4.74 Å². The van der Waals surface area contributed by atoms with Crippen molar-refractivity contribution in [3.05, 3.63) is 65.5 Å². The molecule has 0 atom stereocenters. The standard InChI is InChI=1S/C19H19NO2/c1-2-22-17(21)14-8-9-16(20-10-14)19-11-18(12-19,13-19)15-6-4-3-5-7-15/h3-10H,2,11-13H2,1H3. The predicted molar refractivity (Wildman–Crippen MR) is 83.8 cm³/mol. The zero-order valence-corrected chi connectivity index (χ0v) is 12.7. The van der Waals surface area contributed by atoms with Gasteiger partial charge in [0.25, 0.3) is 0 Å². The van der Waals surface area contributed by atoms with E-state index in [1.165, 1.54) is 24.8 Å². The number of pyridine rings is 1. The molecule has 0 radical (unpaired) electrons. The maximum atomic E-state index is 11.7. The molecule has 5 rings (SSSR count). The monoisotopic (exact) mass is 293 g/mol. The Balaban J connectivity index is 1.49. The van der Waals surface area contributed by atoms with Crippen LogP contribution in [0.25, 0.3) is 0 Å². The normalized spacial score (nSPS) is 28.4. The number of hydrogen-bond donors (Lipinski definition) is 0. The van der Waals surface area contributed by atoms with Crippen LogP contribution in [0.2, 0.25) is 0 Å². The van der Waals surface area contributed by atoms with Crippen LogP contribution in [-0.2, 0) is 15.6 Å². The average Bonchev–Trinajstić information content (AvgIpc) is 2.47. The van der Waals surface area contributed by atoms with Crippen LogP contribution >= 0.6 is 0 Å². The first-order chi connectivity index (χ1) is 10.7. The average molecular weight is 293 g/mol. The Kier molecular flexibility index (Phi) is 2.86. The molecule has 0 saturated heterocycles. The molecule has 2 aromatic rings.